The minimum absolute atomic E-state index is 0.0280. The van der Waals surface area contributed by atoms with Crippen LogP contribution in [0.3, 0.4) is 0 Å². The lowest BCUT2D eigenvalue weighted by Crippen LogP contribution is -2.01. The maximum absolute atomic E-state index is 14.0. The first kappa shape index (κ1) is 16.5. The zero-order valence-corrected chi connectivity index (χ0v) is 14.4. The van der Waals surface area contributed by atoms with E-state index in [0.29, 0.717) is 18.0 Å². The third kappa shape index (κ3) is 3.12. The van der Waals surface area contributed by atoms with Gasteiger partial charge in [-0.15, -0.1) is 11.3 Å². The van der Waals surface area contributed by atoms with Crippen molar-refractivity contribution < 1.29 is 14.2 Å². The van der Waals surface area contributed by atoms with E-state index in [4.69, 9.17) is 15.6 Å². The van der Waals surface area contributed by atoms with Gasteiger partial charge in [0.15, 0.2) is 11.6 Å². The van der Waals surface area contributed by atoms with Gasteiger partial charge in [0.1, 0.15) is 5.75 Å². The molecule has 0 unspecified atom stereocenters. The lowest BCUT2D eigenvalue weighted by atomic mass is 10.2. The molecule has 0 fully saturated rings. The van der Waals surface area contributed by atoms with Gasteiger partial charge in [0.05, 0.1) is 29.6 Å². The van der Waals surface area contributed by atoms with Crippen molar-refractivity contribution in [3.8, 4) is 21.9 Å². The SMILES string of the molecule is Nc1ccc(Oc2ccnc3cc(-c4cnn(CCO)c4)sc23)c(F)c1. The van der Waals surface area contributed by atoms with Crippen LogP contribution in [0.2, 0.25) is 0 Å². The lowest BCUT2D eigenvalue weighted by molar-refractivity contribution is 0.269. The molecule has 0 spiro atoms. The molecule has 26 heavy (non-hydrogen) atoms. The summed E-state index contributed by atoms with van der Waals surface area (Å²) in [6, 6.07) is 7.96. The number of nitrogen functional groups attached to an aromatic ring is 1. The zero-order valence-electron chi connectivity index (χ0n) is 13.6. The average Bonchev–Trinajstić information content (AvgIpc) is 3.24. The number of fused-ring (bicyclic) bond motifs is 1. The van der Waals surface area contributed by atoms with Crippen molar-refractivity contribution in [2.45, 2.75) is 6.54 Å². The second-order valence-electron chi connectivity index (χ2n) is 5.64. The molecule has 0 saturated carbocycles. The van der Waals surface area contributed by atoms with Gasteiger partial charge in [-0.2, -0.15) is 5.10 Å². The number of benzene rings is 1. The molecule has 3 aromatic heterocycles. The number of hydrogen-bond donors (Lipinski definition) is 2. The molecule has 1 aromatic carbocycles. The van der Waals surface area contributed by atoms with Crippen molar-refractivity contribution in [2.75, 3.05) is 12.3 Å². The van der Waals surface area contributed by atoms with Crippen LogP contribution in [-0.4, -0.2) is 26.5 Å². The molecular weight excluding hydrogens is 355 g/mol. The molecule has 4 rings (SSSR count). The number of thiophene rings is 1. The van der Waals surface area contributed by atoms with E-state index >= 15 is 0 Å². The molecule has 4 aromatic rings. The standard InChI is InChI=1S/C18H15FN4O2S/c19-13-7-12(20)1-2-15(13)25-16-3-4-21-14-8-17(26-18(14)16)11-9-22-23(10-11)5-6-24/h1-4,7-10,24H,5-6,20H2. The molecule has 0 bridgehead atoms. The van der Waals surface area contributed by atoms with Crippen LogP contribution in [0, 0.1) is 5.82 Å². The Labute approximate surface area is 152 Å². The summed E-state index contributed by atoms with van der Waals surface area (Å²) in [6.45, 7) is 0.466. The van der Waals surface area contributed by atoms with Crippen molar-refractivity contribution >= 4 is 27.2 Å². The van der Waals surface area contributed by atoms with E-state index in [9.17, 15) is 4.39 Å². The number of halogens is 1. The van der Waals surface area contributed by atoms with Gasteiger partial charge in [0.2, 0.25) is 0 Å². The summed E-state index contributed by atoms with van der Waals surface area (Å²) >= 11 is 1.49. The van der Waals surface area contributed by atoms with E-state index in [1.54, 1.807) is 29.2 Å². The fourth-order valence-corrected chi connectivity index (χ4v) is 3.61. The highest BCUT2D eigenvalue weighted by molar-refractivity contribution is 7.22. The van der Waals surface area contributed by atoms with Crippen LogP contribution in [0.1, 0.15) is 0 Å². The van der Waals surface area contributed by atoms with Gasteiger partial charge in [0.25, 0.3) is 0 Å². The lowest BCUT2D eigenvalue weighted by Gasteiger charge is -2.07. The molecule has 8 heteroatoms. The zero-order chi connectivity index (χ0) is 18.1. The van der Waals surface area contributed by atoms with E-state index in [1.165, 1.54) is 23.5 Å². The molecule has 0 aliphatic carbocycles. The largest absolute Gasteiger partial charge is 0.453 e. The third-order valence-corrected chi connectivity index (χ3v) is 4.99. The number of ether oxygens (including phenoxy) is 1. The van der Waals surface area contributed by atoms with Gasteiger partial charge in [-0.05, 0) is 18.2 Å². The molecular formula is C18H15FN4O2S. The van der Waals surface area contributed by atoms with Crippen molar-refractivity contribution in [1.29, 1.82) is 0 Å². The monoisotopic (exact) mass is 370 g/mol. The molecule has 3 heterocycles. The fourth-order valence-electron chi connectivity index (χ4n) is 2.57. The Morgan fingerprint density at radius 3 is 2.92 bits per heavy atom. The van der Waals surface area contributed by atoms with Gasteiger partial charge in [-0.1, -0.05) is 0 Å². The van der Waals surface area contributed by atoms with E-state index < -0.39 is 5.82 Å². The van der Waals surface area contributed by atoms with E-state index in [2.05, 4.69) is 10.1 Å². The normalized spacial score (nSPS) is 11.2. The summed E-state index contributed by atoms with van der Waals surface area (Å²) in [6.07, 6.45) is 5.22. The van der Waals surface area contributed by atoms with Crippen molar-refractivity contribution in [2.24, 2.45) is 0 Å². The summed E-state index contributed by atoms with van der Waals surface area (Å²) in [4.78, 5) is 5.32. The molecule has 0 saturated heterocycles. The fraction of sp³-hybridized carbons (Fsp3) is 0.111. The minimum atomic E-state index is -0.517. The number of aliphatic hydroxyl groups is 1. The first-order chi connectivity index (χ1) is 12.6. The van der Waals surface area contributed by atoms with Crippen LogP contribution in [0.25, 0.3) is 20.7 Å². The number of nitrogens with zero attached hydrogens (tertiary/aromatic N) is 3. The van der Waals surface area contributed by atoms with Crippen LogP contribution in [-0.2, 0) is 6.54 Å². The first-order valence-corrected chi connectivity index (χ1v) is 8.71. The maximum Gasteiger partial charge on any atom is 0.167 e. The van der Waals surface area contributed by atoms with Gasteiger partial charge < -0.3 is 15.6 Å². The van der Waals surface area contributed by atoms with E-state index in [-0.39, 0.29) is 12.4 Å². The van der Waals surface area contributed by atoms with Crippen LogP contribution in [0.4, 0.5) is 10.1 Å². The van der Waals surface area contributed by atoms with Crippen molar-refractivity contribution in [1.82, 2.24) is 14.8 Å². The number of aliphatic hydroxyl groups excluding tert-OH is 1. The number of nitrogens with two attached hydrogens (primary N) is 1. The highest BCUT2D eigenvalue weighted by Crippen LogP contribution is 2.39. The molecule has 0 amide bonds. The smallest absolute Gasteiger partial charge is 0.167 e. The summed E-state index contributed by atoms with van der Waals surface area (Å²) in [5.74, 6) is 0.118. The molecule has 0 aliphatic heterocycles. The highest BCUT2D eigenvalue weighted by Gasteiger charge is 2.13. The van der Waals surface area contributed by atoms with Crippen LogP contribution >= 0.6 is 11.3 Å². The van der Waals surface area contributed by atoms with E-state index in [1.807, 2.05) is 12.3 Å². The molecule has 0 atom stereocenters. The molecule has 0 aliphatic rings. The Morgan fingerprint density at radius 2 is 2.12 bits per heavy atom. The van der Waals surface area contributed by atoms with Gasteiger partial charge in [0, 0.05) is 40.7 Å². The summed E-state index contributed by atoms with van der Waals surface area (Å²) in [5, 5.41) is 13.2. The number of rotatable bonds is 5. The quantitative estimate of drug-likeness (QED) is 0.524. The summed E-state index contributed by atoms with van der Waals surface area (Å²) in [7, 11) is 0. The first-order valence-electron chi connectivity index (χ1n) is 7.89. The van der Waals surface area contributed by atoms with Gasteiger partial charge in [-0.25, -0.2) is 4.39 Å². The van der Waals surface area contributed by atoms with Crippen molar-refractivity contribution in [3.05, 3.63) is 54.7 Å². The van der Waals surface area contributed by atoms with E-state index in [0.717, 1.165) is 20.7 Å². The Hall–Kier alpha value is -2.97. The number of pyridine rings is 1. The maximum atomic E-state index is 14.0. The summed E-state index contributed by atoms with van der Waals surface area (Å²) in [5.41, 5.74) is 7.60. The predicted octanol–water partition coefficient (Wildman–Crippen LogP) is 3.67. The number of hydrogen-bond acceptors (Lipinski definition) is 6. The molecule has 132 valence electrons. The second-order valence-corrected chi connectivity index (χ2v) is 6.69. The molecule has 3 N–H and O–H groups in total. The van der Waals surface area contributed by atoms with Gasteiger partial charge >= 0.3 is 0 Å². The summed E-state index contributed by atoms with van der Waals surface area (Å²) < 4.78 is 22.3. The second kappa shape index (κ2) is 6.74. The van der Waals surface area contributed by atoms with Gasteiger partial charge in [-0.3, -0.25) is 9.67 Å². The molecule has 0 radical (unpaired) electrons. The predicted molar refractivity (Wildman–Crippen MR) is 98.8 cm³/mol. The molecule has 6 nitrogen and oxygen atoms in total. The Kier molecular flexibility index (Phi) is 4.27. The Balaban J connectivity index is 1.71. The van der Waals surface area contributed by atoms with Crippen molar-refractivity contribution in [3.63, 3.8) is 0 Å². The minimum Gasteiger partial charge on any atom is -0.453 e. The topological polar surface area (TPSA) is 86.2 Å². The van der Waals surface area contributed by atoms with Crippen LogP contribution in [0.5, 0.6) is 11.5 Å². The number of anilines is 1. The highest BCUT2D eigenvalue weighted by atomic mass is 32.1. The number of aromatic nitrogens is 3. The third-order valence-electron chi connectivity index (χ3n) is 3.80. The Morgan fingerprint density at radius 1 is 1.23 bits per heavy atom. The van der Waals surface area contributed by atoms with Crippen LogP contribution in [0.15, 0.2) is 48.9 Å². The average molecular weight is 370 g/mol. The Bertz CT molecular complexity index is 1080. The van der Waals surface area contributed by atoms with Crippen LogP contribution < -0.4 is 10.5 Å².